The lowest BCUT2D eigenvalue weighted by molar-refractivity contribution is -0.130. The van der Waals surface area contributed by atoms with E-state index in [1.165, 1.54) is 12.8 Å². The Labute approximate surface area is 133 Å². The van der Waals surface area contributed by atoms with Crippen LogP contribution in [0.2, 0.25) is 0 Å². The van der Waals surface area contributed by atoms with Crippen molar-refractivity contribution in [3.05, 3.63) is 0 Å². The predicted octanol–water partition coefficient (Wildman–Crippen LogP) is 1.27. The number of nitrogens with two attached hydrogens (primary N) is 1. The van der Waals surface area contributed by atoms with Crippen molar-refractivity contribution in [2.75, 3.05) is 19.6 Å². The Morgan fingerprint density at radius 3 is 2.82 bits per heavy atom. The first-order valence-electron chi connectivity index (χ1n) is 8.98. The average Bonchev–Trinajstić information content (AvgIpc) is 3.03. The lowest BCUT2D eigenvalue weighted by Crippen LogP contribution is -2.45. The van der Waals surface area contributed by atoms with Gasteiger partial charge in [-0.05, 0) is 50.4 Å². The summed E-state index contributed by atoms with van der Waals surface area (Å²) in [4.78, 5) is 26.2. The quantitative estimate of drug-likeness (QED) is 0.751. The summed E-state index contributed by atoms with van der Waals surface area (Å²) in [5, 5.41) is 3.05. The highest BCUT2D eigenvalue weighted by Gasteiger charge is 2.48. The second-order valence-corrected chi connectivity index (χ2v) is 7.27. The third-order valence-corrected chi connectivity index (χ3v) is 5.86. The van der Waals surface area contributed by atoms with Crippen molar-refractivity contribution in [1.29, 1.82) is 0 Å². The molecule has 3 N–H and O–H groups in total. The molecule has 3 rings (SSSR count). The van der Waals surface area contributed by atoms with Crippen LogP contribution in [0.4, 0.5) is 0 Å². The van der Waals surface area contributed by atoms with E-state index in [9.17, 15) is 9.59 Å². The smallest absolute Gasteiger partial charge is 0.224 e. The number of hydrogen-bond donors (Lipinski definition) is 2. The van der Waals surface area contributed by atoms with Crippen molar-refractivity contribution < 1.29 is 9.59 Å². The number of nitrogens with one attached hydrogen (secondary N) is 1. The molecule has 0 radical (unpaired) electrons. The standard InChI is InChI=1S/C17H29N3O2/c18-16-13-7-6-12(11-13)15(16)17(22)19-8-4-10-20-9-3-1-2-5-14(20)21/h12-13,15-16H,1-11,18H2,(H,19,22). The van der Waals surface area contributed by atoms with E-state index >= 15 is 0 Å². The summed E-state index contributed by atoms with van der Waals surface area (Å²) in [5.41, 5.74) is 6.21. The zero-order chi connectivity index (χ0) is 15.5. The van der Waals surface area contributed by atoms with Crippen LogP contribution in [-0.2, 0) is 9.59 Å². The molecule has 2 bridgehead atoms. The van der Waals surface area contributed by atoms with Gasteiger partial charge in [-0.2, -0.15) is 0 Å². The van der Waals surface area contributed by atoms with Crippen molar-refractivity contribution in [3.8, 4) is 0 Å². The lowest BCUT2D eigenvalue weighted by atomic mass is 9.84. The van der Waals surface area contributed by atoms with Gasteiger partial charge in [0.25, 0.3) is 0 Å². The van der Waals surface area contributed by atoms with Gasteiger partial charge in [-0.15, -0.1) is 0 Å². The van der Waals surface area contributed by atoms with Crippen LogP contribution < -0.4 is 11.1 Å². The summed E-state index contributed by atoms with van der Waals surface area (Å²) in [6, 6.07) is 0.0611. The second kappa shape index (κ2) is 6.99. The van der Waals surface area contributed by atoms with Crippen LogP contribution in [0.25, 0.3) is 0 Å². The van der Waals surface area contributed by atoms with Gasteiger partial charge in [0.2, 0.25) is 11.8 Å². The van der Waals surface area contributed by atoms with Gasteiger partial charge in [0.1, 0.15) is 0 Å². The zero-order valence-corrected chi connectivity index (χ0v) is 13.4. The van der Waals surface area contributed by atoms with Crippen molar-refractivity contribution in [1.82, 2.24) is 10.2 Å². The summed E-state index contributed by atoms with van der Waals surface area (Å²) in [6.07, 6.45) is 8.32. The van der Waals surface area contributed by atoms with Crippen LogP contribution in [-0.4, -0.2) is 42.4 Å². The van der Waals surface area contributed by atoms with Gasteiger partial charge in [-0.25, -0.2) is 0 Å². The van der Waals surface area contributed by atoms with Gasteiger partial charge in [-0.3, -0.25) is 9.59 Å². The minimum atomic E-state index is 0.0265. The van der Waals surface area contributed by atoms with Crippen LogP contribution in [0.3, 0.4) is 0 Å². The Balaban J connectivity index is 1.38. The number of hydrogen-bond acceptors (Lipinski definition) is 3. The number of amides is 2. The molecule has 0 aromatic carbocycles. The van der Waals surface area contributed by atoms with E-state index in [-0.39, 0.29) is 23.8 Å². The maximum atomic E-state index is 12.3. The molecule has 0 spiro atoms. The molecule has 22 heavy (non-hydrogen) atoms. The van der Waals surface area contributed by atoms with E-state index in [1.807, 2.05) is 4.90 Å². The second-order valence-electron chi connectivity index (χ2n) is 7.27. The Morgan fingerprint density at radius 1 is 1.23 bits per heavy atom. The first-order chi connectivity index (χ1) is 10.7. The number of fused-ring (bicyclic) bond motifs is 2. The topological polar surface area (TPSA) is 75.4 Å². The maximum Gasteiger partial charge on any atom is 0.224 e. The lowest BCUT2D eigenvalue weighted by Gasteiger charge is -2.27. The van der Waals surface area contributed by atoms with Gasteiger partial charge in [0.15, 0.2) is 0 Å². The summed E-state index contributed by atoms with van der Waals surface area (Å²) in [6.45, 7) is 2.30. The Morgan fingerprint density at radius 2 is 2.05 bits per heavy atom. The normalized spacial score (nSPS) is 34.8. The highest BCUT2D eigenvalue weighted by molar-refractivity contribution is 5.80. The molecule has 1 heterocycles. The molecule has 0 aromatic rings. The molecule has 2 amide bonds. The molecule has 5 heteroatoms. The van der Waals surface area contributed by atoms with Gasteiger partial charge in [-0.1, -0.05) is 6.42 Å². The molecule has 5 nitrogen and oxygen atoms in total. The number of carbonyl (C=O) groups is 2. The predicted molar refractivity (Wildman–Crippen MR) is 85.0 cm³/mol. The Bertz CT molecular complexity index is 424. The third kappa shape index (κ3) is 3.29. The highest BCUT2D eigenvalue weighted by Crippen LogP contribution is 2.47. The van der Waals surface area contributed by atoms with E-state index in [0.717, 1.165) is 45.2 Å². The van der Waals surface area contributed by atoms with E-state index < -0.39 is 0 Å². The van der Waals surface area contributed by atoms with Gasteiger partial charge in [0.05, 0.1) is 5.92 Å². The first kappa shape index (κ1) is 15.8. The molecular weight excluding hydrogens is 278 g/mol. The van der Waals surface area contributed by atoms with Crippen molar-refractivity contribution in [3.63, 3.8) is 0 Å². The number of rotatable bonds is 5. The monoisotopic (exact) mass is 307 g/mol. The molecule has 4 atom stereocenters. The average molecular weight is 307 g/mol. The fraction of sp³-hybridized carbons (Fsp3) is 0.882. The van der Waals surface area contributed by atoms with Gasteiger partial charge in [0, 0.05) is 32.1 Å². The van der Waals surface area contributed by atoms with Crippen molar-refractivity contribution >= 4 is 11.8 Å². The summed E-state index contributed by atoms with van der Waals surface area (Å²) >= 11 is 0. The van der Waals surface area contributed by atoms with Crippen LogP contribution >= 0.6 is 0 Å². The molecule has 124 valence electrons. The fourth-order valence-corrected chi connectivity index (χ4v) is 4.60. The molecule has 3 fully saturated rings. The maximum absolute atomic E-state index is 12.3. The third-order valence-electron chi connectivity index (χ3n) is 5.86. The van der Waals surface area contributed by atoms with Crippen molar-refractivity contribution in [2.24, 2.45) is 23.5 Å². The Hall–Kier alpha value is -1.10. The van der Waals surface area contributed by atoms with Crippen LogP contribution in [0.5, 0.6) is 0 Å². The molecule has 0 aromatic heterocycles. The minimum Gasteiger partial charge on any atom is -0.356 e. The van der Waals surface area contributed by atoms with E-state index in [0.29, 0.717) is 24.8 Å². The van der Waals surface area contributed by atoms with E-state index in [4.69, 9.17) is 5.73 Å². The molecule has 3 aliphatic rings. The summed E-state index contributed by atoms with van der Waals surface area (Å²) in [7, 11) is 0. The number of carbonyl (C=O) groups excluding carboxylic acids is 2. The molecule has 2 saturated carbocycles. The molecule has 1 saturated heterocycles. The van der Waals surface area contributed by atoms with Crippen molar-refractivity contribution in [2.45, 2.75) is 57.4 Å². The molecule has 2 aliphatic carbocycles. The van der Waals surface area contributed by atoms with Gasteiger partial charge < -0.3 is 16.0 Å². The molecule has 4 unspecified atom stereocenters. The number of nitrogens with zero attached hydrogens (tertiary/aromatic N) is 1. The number of likely N-dealkylation sites (tertiary alicyclic amines) is 1. The van der Waals surface area contributed by atoms with E-state index in [2.05, 4.69) is 5.32 Å². The summed E-state index contributed by atoms with van der Waals surface area (Å²) < 4.78 is 0. The highest BCUT2D eigenvalue weighted by atomic mass is 16.2. The first-order valence-corrected chi connectivity index (χ1v) is 8.98. The summed E-state index contributed by atoms with van der Waals surface area (Å²) in [5.74, 6) is 1.52. The minimum absolute atomic E-state index is 0.0265. The SMILES string of the molecule is NC1C2CCC(C2)C1C(=O)NCCCN1CCCCCC1=O. The largest absolute Gasteiger partial charge is 0.356 e. The Kier molecular flexibility index (Phi) is 5.01. The van der Waals surface area contributed by atoms with Crippen LogP contribution in [0.15, 0.2) is 0 Å². The van der Waals surface area contributed by atoms with E-state index in [1.54, 1.807) is 0 Å². The molecule has 1 aliphatic heterocycles. The van der Waals surface area contributed by atoms with Gasteiger partial charge >= 0.3 is 0 Å². The fourth-order valence-electron chi connectivity index (χ4n) is 4.60. The van der Waals surface area contributed by atoms with Crippen LogP contribution in [0.1, 0.15) is 51.4 Å². The van der Waals surface area contributed by atoms with Crippen LogP contribution in [0, 0.1) is 17.8 Å². The molecular formula is C17H29N3O2. The zero-order valence-electron chi connectivity index (χ0n) is 13.4.